The quantitative estimate of drug-likeness (QED) is 0.0610. The Balaban J connectivity index is 1.31. The topological polar surface area (TPSA) is 146 Å². The molecule has 44 heavy (non-hydrogen) atoms. The van der Waals surface area contributed by atoms with Crippen LogP contribution in [0, 0.1) is 10.1 Å². The number of H-pyrrole nitrogens is 1. The molecule has 1 heterocycles. The van der Waals surface area contributed by atoms with Crippen LogP contribution in [0.4, 0.5) is 17.1 Å². The molecule has 11 heteroatoms. The fourth-order valence-corrected chi connectivity index (χ4v) is 5.27. The fourth-order valence-electron chi connectivity index (χ4n) is 4.35. The summed E-state index contributed by atoms with van der Waals surface area (Å²) in [4.78, 5) is 54.2. The van der Waals surface area contributed by atoms with Gasteiger partial charge in [-0.1, -0.05) is 42.5 Å². The highest BCUT2D eigenvalue weighted by atomic mass is 32.2. The Morgan fingerprint density at radius 2 is 1.61 bits per heavy atom. The fraction of sp³-hybridized carbons (Fsp3) is 0.0606. The monoisotopic (exact) mass is 605 g/mol. The molecule has 0 saturated heterocycles. The normalized spacial score (nSPS) is 11.9. The molecule has 1 atom stereocenters. The van der Waals surface area contributed by atoms with Crippen molar-refractivity contribution >= 4 is 63.5 Å². The van der Waals surface area contributed by atoms with Crippen molar-refractivity contribution in [1.82, 2.24) is 10.3 Å². The molecule has 5 rings (SSSR count). The van der Waals surface area contributed by atoms with Crippen LogP contribution in [0.15, 0.2) is 120 Å². The summed E-state index contributed by atoms with van der Waals surface area (Å²) < 4.78 is 0. The first kappa shape index (κ1) is 29.8. The lowest BCUT2D eigenvalue weighted by Gasteiger charge is -2.14. The van der Waals surface area contributed by atoms with Crippen LogP contribution in [-0.2, 0) is 9.59 Å². The average Bonchev–Trinajstić information content (AvgIpc) is 3.49. The molecule has 4 aromatic carbocycles. The number of rotatable bonds is 10. The number of carbonyl (C=O) groups excluding carboxylic acids is 3. The van der Waals surface area contributed by atoms with Crippen LogP contribution in [0.5, 0.6) is 0 Å². The number of hydrogen-bond donors (Lipinski definition) is 4. The molecule has 0 fully saturated rings. The molecule has 0 aliphatic heterocycles. The van der Waals surface area contributed by atoms with Crippen molar-refractivity contribution in [1.29, 1.82) is 0 Å². The number of aromatic nitrogens is 1. The van der Waals surface area contributed by atoms with E-state index >= 15 is 0 Å². The van der Waals surface area contributed by atoms with Gasteiger partial charge in [0.05, 0.1) is 15.7 Å². The van der Waals surface area contributed by atoms with Gasteiger partial charge in [-0.2, -0.15) is 0 Å². The molecular formula is C33H27N5O5S. The Labute approximate surface area is 256 Å². The molecular weight excluding hydrogens is 578 g/mol. The number of fused-ring (bicyclic) bond motifs is 1. The molecule has 5 aromatic rings. The smallest absolute Gasteiger partial charge is 0.276 e. The average molecular weight is 606 g/mol. The molecule has 1 unspecified atom stereocenters. The van der Waals surface area contributed by atoms with Gasteiger partial charge in [0.25, 0.3) is 17.5 Å². The molecule has 0 spiro atoms. The largest absolute Gasteiger partial charge is 0.361 e. The molecule has 0 aliphatic carbocycles. The predicted molar refractivity (Wildman–Crippen MR) is 172 cm³/mol. The van der Waals surface area contributed by atoms with Crippen LogP contribution >= 0.6 is 11.8 Å². The van der Waals surface area contributed by atoms with Crippen molar-refractivity contribution in [2.45, 2.75) is 17.1 Å². The molecule has 0 bridgehead atoms. The standard InChI is InChI=1S/C33H27N5O5S/c1-21(31(39)35-26-15-14-22-16-17-34-28(22)20-26)44-27-12-7-11-25(19-27)36-33(41)29(37-32(40)23-8-3-2-4-9-23)18-24-10-5-6-13-30(24)38(42)43/h2-21,34H,1H3,(H,35,39)(H,36,41)(H,37,40)/b29-18+. The number of para-hydroxylation sites is 1. The maximum absolute atomic E-state index is 13.4. The number of benzene rings is 4. The Morgan fingerprint density at radius 1 is 0.864 bits per heavy atom. The van der Waals surface area contributed by atoms with E-state index in [4.69, 9.17) is 0 Å². The molecule has 1 aromatic heterocycles. The van der Waals surface area contributed by atoms with E-state index in [0.717, 1.165) is 15.8 Å². The lowest BCUT2D eigenvalue weighted by atomic mass is 10.1. The summed E-state index contributed by atoms with van der Waals surface area (Å²) in [5, 5.41) is 20.4. The van der Waals surface area contributed by atoms with Gasteiger partial charge < -0.3 is 20.9 Å². The van der Waals surface area contributed by atoms with E-state index < -0.39 is 22.0 Å². The van der Waals surface area contributed by atoms with Crippen molar-refractivity contribution in [3.63, 3.8) is 0 Å². The minimum Gasteiger partial charge on any atom is -0.361 e. The van der Waals surface area contributed by atoms with E-state index in [-0.39, 0.29) is 22.9 Å². The van der Waals surface area contributed by atoms with Crippen LogP contribution in [0.1, 0.15) is 22.8 Å². The Hall–Kier alpha value is -5.68. The van der Waals surface area contributed by atoms with E-state index in [1.807, 2.05) is 36.5 Å². The van der Waals surface area contributed by atoms with Crippen LogP contribution in [0.25, 0.3) is 17.0 Å². The minimum atomic E-state index is -0.680. The van der Waals surface area contributed by atoms with Gasteiger partial charge in [-0.3, -0.25) is 24.5 Å². The summed E-state index contributed by atoms with van der Waals surface area (Å²) in [5.41, 5.74) is 2.06. The molecule has 4 N–H and O–H groups in total. The first-order valence-electron chi connectivity index (χ1n) is 13.5. The zero-order chi connectivity index (χ0) is 31.1. The first-order chi connectivity index (χ1) is 21.3. The second-order valence-corrected chi connectivity index (χ2v) is 11.1. The summed E-state index contributed by atoms with van der Waals surface area (Å²) in [5.74, 6) is -1.42. The summed E-state index contributed by atoms with van der Waals surface area (Å²) in [7, 11) is 0. The van der Waals surface area contributed by atoms with E-state index in [9.17, 15) is 24.5 Å². The Kier molecular flexibility index (Phi) is 9.16. The number of nitrogens with one attached hydrogen (secondary N) is 4. The van der Waals surface area contributed by atoms with E-state index in [1.165, 1.54) is 36.0 Å². The van der Waals surface area contributed by atoms with Crippen LogP contribution < -0.4 is 16.0 Å². The van der Waals surface area contributed by atoms with E-state index in [1.54, 1.807) is 61.5 Å². The number of nitro benzene ring substituents is 1. The number of thioether (sulfide) groups is 1. The van der Waals surface area contributed by atoms with Gasteiger partial charge in [-0.25, -0.2) is 0 Å². The number of anilines is 2. The number of amides is 3. The number of aromatic amines is 1. The number of hydrogen-bond acceptors (Lipinski definition) is 6. The first-order valence-corrected chi connectivity index (χ1v) is 14.4. The van der Waals surface area contributed by atoms with Crippen molar-refractivity contribution in [3.8, 4) is 0 Å². The Bertz CT molecular complexity index is 1890. The van der Waals surface area contributed by atoms with Gasteiger partial charge in [0.2, 0.25) is 5.91 Å². The highest BCUT2D eigenvalue weighted by Crippen LogP contribution is 2.28. The molecule has 3 amide bonds. The van der Waals surface area contributed by atoms with Gasteiger partial charge >= 0.3 is 0 Å². The second-order valence-electron chi connectivity index (χ2n) is 9.71. The summed E-state index contributed by atoms with van der Waals surface area (Å²) in [6, 6.07) is 28.7. The number of nitrogens with zero attached hydrogens (tertiary/aromatic N) is 1. The maximum Gasteiger partial charge on any atom is 0.276 e. The van der Waals surface area contributed by atoms with Crippen molar-refractivity contribution < 1.29 is 19.3 Å². The Morgan fingerprint density at radius 3 is 2.41 bits per heavy atom. The number of nitro groups is 1. The van der Waals surface area contributed by atoms with Gasteiger partial charge in [-0.05, 0) is 73.0 Å². The van der Waals surface area contributed by atoms with Crippen molar-refractivity contribution in [2.24, 2.45) is 0 Å². The van der Waals surface area contributed by atoms with Crippen LogP contribution in [0.2, 0.25) is 0 Å². The lowest BCUT2D eigenvalue weighted by Crippen LogP contribution is -2.30. The summed E-state index contributed by atoms with van der Waals surface area (Å²) in [6.07, 6.45) is 3.10. The molecule has 0 aliphatic rings. The van der Waals surface area contributed by atoms with Gasteiger partial charge in [0.1, 0.15) is 5.70 Å². The molecule has 10 nitrogen and oxygen atoms in total. The molecule has 0 saturated carbocycles. The third kappa shape index (κ3) is 7.39. The van der Waals surface area contributed by atoms with Crippen LogP contribution in [-0.4, -0.2) is 32.9 Å². The van der Waals surface area contributed by atoms with Crippen molar-refractivity contribution in [2.75, 3.05) is 10.6 Å². The molecule has 0 radical (unpaired) electrons. The summed E-state index contributed by atoms with van der Waals surface area (Å²) >= 11 is 1.31. The third-order valence-electron chi connectivity index (χ3n) is 6.56. The number of carbonyl (C=O) groups is 3. The van der Waals surface area contributed by atoms with Crippen molar-refractivity contribution in [3.05, 3.63) is 136 Å². The van der Waals surface area contributed by atoms with Gasteiger partial charge in [0, 0.05) is 39.6 Å². The van der Waals surface area contributed by atoms with E-state index in [0.29, 0.717) is 16.9 Å². The second kappa shape index (κ2) is 13.5. The van der Waals surface area contributed by atoms with Gasteiger partial charge in [0.15, 0.2) is 0 Å². The minimum absolute atomic E-state index is 0.149. The van der Waals surface area contributed by atoms with Crippen LogP contribution in [0.3, 0.4) is 0 Å². The highest BCUT2D eigenvalue weighted by Gasteiger charge is 2.19. The zero-order valence-electron chi connectivity index (χ0n) is 23.4. The van der Waals surface area contributed by atoms with Gasteiger partial charge in [-0.15, -0.1) is 11.8 Å². The predicted octanol–water partition coefficient (Wildman–Crippen LogP) is 6.61. The SMILES string of the molecule is CC(Sc1cccc(NC(=O)/C(=C\c2ccccc2[N+](=O)[O-])NC(=O)c2ccccc2)c1)C(=O)Nc1ccc2cc[nH]c2c1. The lowest BCUT2D eigenvalue weighted by molar-refractivity contribution is -0.385. The summed E-state index contributed by atoms with van der Waals surface area (Å²) in [6.45, 7) is 1.78. The highest BCUT2D eigenvalue weighted by molar-refractivity contribution is 8.00. The molecule has 220 valence electrons. The maximum atomic E-state index is 13.4. The van der Waals surface area contributed by atoms with E-state index in [2.05, 4.69) is 20.9 Å². The zero-order valence-corrected chi connectivity index (χ0v) is 24.3. The third-order valence-corrected chi connectivity index (χ3v) is 7.65.